The van der Waals surface area contributed by atoms with Crippen LogP contribution in [0.25, 0.3) is 0 Å². The summed E-state index contributed by atoms with van der Waals surface area (Å²) < 4.78 is 0. The van der Waals surface area contributed by atoms with Crippen molar-refractivity contribution in [1.29, 1.82) is 0 Å². The number of hydrogen-bond donors (Lipinski definition) is 2. The molecule has 6 nitrogen and oxygen atoms in total. The molecule has 0 saturated heterocycles. The van der Waals surface area contributed by atoms with Gasteiger partial charge in [-0.2, -0.15) is 0 Å². The minimum Gasteiger partial charge on any atom is -0.396 e. The van der Waals surface area contributed by atoms with Crippen molar-refractivity contribution in [1.82, 2.24) is 0 Å². The van der Waals surface area contributed by atoms with Crippen LogP contribution in [0.5, 0.6) is 0 Å². The molecular formula is C17H18N2O4. The maximum Gasteiger partial charge on any atom is 0.282 e. The molecule has 2 rings (SSSR count). The second-order valence-corrected chi connectivity index (χ2v) is 5.30. The Bertz CT molecular complexity index is 756. The summed E-state index contributed by atoms with van der Waals surface area (Å²) in [6, 6.07) is 9.99. The van der Waals surface area contributed by atoms with Crippen molar-refractivity contribution in [3.63, 3.8) is 0 Å². The van der Waals surface area contributed by atoms with Gasteiger partial charge in [0.1, 0.15) is 5.56 Å². The first kappa shape index (κ1) is 16.6. The Morgan fingerprint density at radius 1 is 1.22 bits per heavy atom. The van der Waals surface area contributed by atoms with Crippen molar-refractivity contribution in [3.05, 3.63) is 68.8 Å². The number of aryl methyl sites for hydroxylation is 2. The number of carbonyl (C=O) groups is 1. The molecule has 0 fully saturated rings. The Balaban J connectivity index is 2.38. The van der Waals surface area contributed by atoms with E-state index in [0.717, 1.165) is 16.7 Å². The number of aliphatic hydroxyl groups excluding tert-OH is 1. The van der Waals surface area contributed by atoms with Gasteiger partial charge in [0.25, 0.3) is 11.6 Å². The van der Waals surface area contributed by atoms with E-state index < -0.39 is 10.8 Å². The van der Waals surface area contributed by atoms with E-state index >= 15 is 0 Å². The lowest BCUT2D eigenvalue weighted by Gasteiger charge is -2.11. The van der Waals surface area contributed by atoms with E-state index in [2.05, 4.69) is 5.32 Å². The van der Waals surface area contributed by atoms with Gasteiger partial charge in [0.05, 0.1) is 4.92 Å². The predicted octanol–water partition coefficient (Wildman–Crippen LogP) is 3.00. The van der Waals surface area contributed by atoms with Crippen molar-refractivity contribution in [2.75, 3.05) is 11.9 Å². The van der Waals surface area contributed by atoms with Gasteiger partial charge in [0.15, 0.2) is 0 Å². The third-order valence-corrected chi connectivity index (χ3v) is 3.70. The van der Waals surface area contributed by atoms with Crippen LogP contribution in [0, 0.1) is 24.0 Å². The average molecular weight is 314 g/mol. The number of nitro benzene ring substituents is 1. The first-order valence-corrected chi connectivity index (χ1v) is 7.19. The monoisotopic (exact) mass is 314 g/mol. The van der Waals surface area contributed by atoms with Crippen molar-refractivity contribution in [3.8, 4) is 0 Å². The zero-order valence-corrected chi connectivity index (χ0v) is 13.0. The van der Waals surface area contributed by atoms with Crippen LogP contribution >= 0.6 is 0 Å². The van der Waals surface area contributed by atoms with Gasteiger partial charge in [0, 0.05) is 18.4 Å². The fourth-order valence-electron chi connectivity index (χ4n) is 2.30. The first-order valence-electron chi connectivity index (χ1n) is 7.19. The molecule has 2 N–H and O–H groups in total. The Hall–Kier alpha value is -2.73. The molecule has 0 saturated carbocycles. The highest BCUT2D eigenvalue weighted by Crippen LogP contribution is 2.25. The van der Waals surface area contributed by atoms with E-state index in [9.17, 15) is 14.9 Å². The Labute approximate surface area is 133 Å². The van der Waals surface area contributed by atoms with Gasteiger partial charge in [-0.25, -0.2) is 0 Å². The number of rotatable bonds is 5. The summed E-state index contributed by atoms with van der Waals surface area (Å²) in [7, 11) is 0. The van der Waals surface area contributed by atoms with Crippen LogP contribution in [-0.4, -0.2) is 22.5 Å². The van der Waals surface area contributed by atoms with Gasteiger partial charge in [-0.3, -0.25) is 14.9 Å². The summed E-state index contributed by atoms with van der Waals surface area (Å²) in [4.78, 5) is 23.1. The Morgan fingerprint density at radius 2 is 1.87 bits per heavy atom. The quantitative estimate of drug-likeness (QED) is 0.655. The van der Waals surface area contributed by atoms with Gasteiger partial charge >= 0.3 is 0 Å². The average Bonchev–Trinajstić information content (AvgIpc) is 2.51. The second-order valence-electron chi connectivity index (χ2n) is 5.30. The number of carbonyl (C=O) groups excluding carboxylic acids is 1. The summed E-state index contributed by atoms with van der Waals surface area (Å²) in [5.41, 5.74) is 2.69. The summed E-state index contributed by atoms with van der Waals surface area (Å²) in [6.45, 7) is 3.52. The van der Waals surface area contributed by atoms with Crippen LogP contribution in [0.1, 0.15) is 27.0 Å². The molecule has 2 aromatic rings. The predicted molar refractivity (Wildman–Crippen MR) is 87.8 cm³/mol. The van der Waals surface area contributed by atoms with Crippen LogP contribution in [0.15, 0.2) is 36.4 Å². The van der Waals surface area contributed by atoms with Crippen molar-refractivity contribution < 1.29 is 14.8 Å². The van der Waals surface area contributed by atoms with E-state index in [0.29, 0.717) is 12.1 Å². The molecule has 0 aliphatic carbocycles. The largest absolute Gasteiger partial charge is 0.396 e. The molecule has 1 amide bonds. The highest BCUT2D eigenvalue weighted by atomic mass is 16.6. The van der Waals surface area contributed by atoms with Gasteiger partial charge in [-0.05, 0) is 49.1 Å². The number of benzene rings is 2. The van der Waals surface area contributed by atoms with E-state index in [4.69, 9.17) is 5.11 Å². The summed E-state index contributed by atoms with van der Waals surface area (Å²) >= 11 is 0. The van der Waals surface area contributed by atoms with Gasteiger partial charge in [-0.1, -0.05) is 18.2 Å². The van der Waals surface area contributed by atoms with Crippen LogP contribution < -0.4 is 5.32 Å². The summed E-state index contributed by atoms with van der Waals surface area (Å²) in [6.07, 6.45) is 0.394. The zero-order valence-electron chi connectivity index (χ0n) is 13.0. The number of anilines is 1. The second kappa shape index (κ2) is 7.02. The van der Waals surface area contributed by atoms with E-state index in [1.54, 1.807) is 38.1 Å². The molecule has 2 aromatic carbocycles. The van der Waals surface area contributed by atoms with E-state index in [1.165, 1.54) is 12.1 Å². The highest BCUT2D eigenvalue weighted by Gasteiger charge is 2.22. The van der Waals surface area contributed by atoms with Gasteiger partial charge in [0.2, 0.25) is 0 Å². The number of amides is 1. The third-order valence-electron chi connectivity index (χ3n) is 3.70. The standard InChI is InChI=1S/C17H18N2O4/c1-11-9-14(16(19(22)23)10-12(11)2)17(21)18-15-6-4-3-5-13(15)7-8-20/h3-6,9-10,20H,7-8H2,1-2H3,(H,18,21). The molecule has 0 aliphatic rings. The summed E-state index contributed by atoms with van der Waals surface area (Å²) in [5, 5.41) is 23.0. The van der Waals surface area contributed by atoms with Crippen LogP contribution in [0.4, 0.5) is 11.4 Å². The van der Waals surface area contributed by atoms with E-state index in [1.807, 2.05) is 0 Å². The van der Waals surface area contributed by atoms with Crippen LogP contribution in [0.3, 0.4) is 0 Å². The van der Waals surface area contributed by atoms with Gasteiger partial charge in [-0.15, -0.1) is 0 Å². The lowest BCUT2D eigenvalue weighted by molar-refractivity contribution is -0.385. The number of nitro groups is 1. The molecule has 0 unspecified atom stereocenters. The summed E-state index contributed by atoms with van der Waals surface area (Å²) in [5.74, 6) is -0.537. The smallest absolute Gasteiger partial charge is 0.282 e. The third kappa shape index (κ3) is 3.73. The number of nitrogens with zero attached hydrogens (tertiary/aromatic N) is 1. The van der Waals surface area contributed by atoms with Crippen molar-refractivity contribution >= 4 is 17.3 Å². The number of para-hydroxylation sites is 1. The minimum atomic E-state index is -0.555. The molecule has 23 heavy (non-hydrogen) atoms. The molecule has 0 heterocycles. The lowest BCUT2D eigenvalue weighted by Crippen LogP contribution is -2.16. The number of aliphatic hydroxyl groups is 1. The Morgan fingerprint density at radius 3 is 2.52 bits per heavy atom. The normalized spacial score (nSPS) is 10.4. The van der Waals surface area contributed by atoms with E-state index in [-0.39, 0.29) is 17.9 Å². The molecular weight excluding hydrogens is 296 g/mol. The zero-order chi connectivity index (χ0) is 17.0. The molecule has 0 spiro atoms. The molecule has 0 atom stereocenters. The minimum absolute atomic E-state index is 0.0249. The molecule has 0 aromatic heterocycles. The maximum absolute atomic E-state index is 12.5. The molecule has 6 heteroatoms. The molecule has 0 bridgehead atoms. The fourth-order valence-corrected chi connectivity index (χ4v) is 2.30. The highest BCUT2D eigenvalue weighted by molar-refractivity contribution is 6.07. The maximum atomic E-state index is 12.5. The molecule has 120 valence electrons. The SMILES string of the molecule is Cc1cc(C(=O)Nc2ccccc2CCO)c([N+](=O)[O-])cc1C. The van der Waals surface area contributed by atoms with Crippen molar-refractivity contribution in [2.45, 2.75) is 20.3 Å². The van der Waals surface area contributed by atoms with Crippen molar-refractivity contribution in [2.24, 2.45) is 0 Å². The van der Waals surface area contributed by atoms with Crippen LogP contribution in [-0.2, 0) is 6.42 Å². The molecule has 0 radical (unpaired) electrons. The number of nitrogens with one attached hydrogen (secondary N) is 1. The van der Waals surface area contributed by atoms with Gasteiger partial charge < -0.3 is 10.4 Å². The lowest BCUT2D eigenvalue weighted by atomic mass is 10.0. The topological polar surface area (TPSA) is 92.5 Å². The van der Waals surface area contributed by atoms with Crippen LogP contribution in [0.2, 0.25) is 0 Å². The number of hydrogen-bond acceptors (Lipinski definition) is 4. The first-order chi connectivity index (χ1) is 10.9. The Kier molecular flexibility index (Phi) is 5.08. The fraction of sp³-hybridized carbons (Fsp3) is 0.235. The molecule has 0 aliphatic heterocycles.